The fraction of sp³-hybridized carbons (Fsp3) is 0.176. The molecule has 2 rings (SSSR count). The van der Waals surface area contributed by atoms with E-state index in [4.69, 9.17) is 5.26 Å². The number of nitriles is 1. The Kier molecular flexibility index (Phi) is 4.34. The van der Waals surface area contributed by atoms with Gasteiger partial charge >= 0.3 is 0 Å². The minimum Gasteiger partial charge on any atom is -0.348 e. The second-order valence-corrected chi connectivity index (χ2v) is 4.85. The van der Waals surface area contributed by atoms with Crippen molar-refractivity contribution in [3.8, 4) is 6.07 Å². The summed E-state index contributed by atoms with van der Waals surface area (Å²) >= 11 is 0. The molecule has 3 nitrogen and oxygen atoms in total. The Labute approximate surface area is 123 Å². The van der Waals surface area contributed by atoms with Crippen LogP contribution >= 0.6 is 0 Å². The van der Waals surface area contributed by atoms with Crippen molar-refractivity contribution in [3.63, 3.8) is 0 Å². The summed E-state index contributed by atoms with van der Waals surface area (Å²) in [4.78, 5) is 12.1. The van der Waals surface area contributed by atoms with Crippen LogP contribution in [0.3, 0.4) is 0 Å². The third-order valence-corrected chi connectivity index (χ3v) is 3.47. The zero-order chi connectivity index (χ0) is 15.4. The highest BCUT2D eigenvalue weighted by atomic mass is 19.1. The van der Waals surface area contributed by atoms with Crippen LogP contribution in [0.4, 0.5) is 4.39 Å². The molecule has 0 heterocycles. The van der Waals surface area contributed by atoms with E-state index in [0.717, 1.165) is 11.1 Å². The summed E-state index contributed by atoms with van der Waals surface area (Å²) in [5.41, 5.74) is 3.15. The van der Waals surface area contributed by atoms with Gasteiger partial charge in [0.05, 0.1) is 11.6 Å². The molecular weight excluding hydrogens is 267 g/mol. The highest BCUT2D eigenvalue weighted by molar-refractivity contribution is 5.95. The number of nitrogens with zero attached hydrogens (tertiary/aromatic N) is 1. The van der Waals surface area contributed by atoms with Gasteiger partial charge in [0.1, 0.15) is 5.82 Å². The van der Waals surface area contributed by atoms with Gasteiger partial charge in [-0.25, -0.2) is 4.39 Å². The molecule has 0 spiro atoms. The first-order valence-electron chi connectivity index (χ1n) is 6.56. The summed E-state index contributed by atoms with van der Waals surface area (Å²) in [5, 5.41) is 11.4. The first-order valence-corrected chi connectivity index (χ1v) is 6.56. The predicted octanol–water partition coefficient (Wildman–Crippen LogP) is 3.24. The first kappa shape index (κ1) is 14.7. The lowest BCUT2D eigenvalue weighted by atomic mass is 10.0. The summed E-state index contributed by atoms with van der Waals surface area (Å²) in [5.74, 6) is -0.727. The van der Waals surface area contributed by atoms with Gasteiger partial charge < -0.3 is 5.32 Å². The lowest BCUT2D eigenvalue weighted by Crippen LogP contribution is -2.24. The van der Waals surface area contributed by atoms with Gasteiger partial charge in [0.25, 0.3) is 5.91 Å². The molecule has 0 aliphatic rings. The molecule has 21 heavy (non-hydrogen) atoms. The van der Waals surface area contributed by atoms with Crippen LogP contribution in [0.5, 0.6) is 0 Å². The Hall–Kier alpha value is -2.67. The molecule has 0 aliphatic heterocycles. The normalized spacial score (nSPS) is 10.0. The molecule has 0 saturated heterocycles. The molecule has 0 fully saturated rings. The third kappa shape index (κ3) is 3.26. The molecule has 0 aliphatic carbocycles. The summed E-state index contributed by atoms with van der Waals surface area (Å²) in [6.07, 6.45) is 0. The van der Waals surface area contributed by atoms with Gasteiger partial charge in [0.2, 0.25) is 0 Å². The van der Waals surface area contributed by atoms with Crippen LogP contribution in [0, 0.1) is 31.0 Å². The minimum absolute atomic E-state index is 0.0871. The van der Waals surface area contributed by atoms with Gasteiger partial charge in [-0.2, -0.15) is 5.26 Å². The zero-order valence-corrected chi connectivity index (χ0v) is 11.9. The molecule has 1 amide bonds. The van der Waals surface area contributed by atoms with Gasteiger partial charge in [-0.3, -0.25) is 4.79 Å². The Morgan fingerprint density at radius 3 is 2.71 bits per heavy atom. The van der Waals surface area contributed by atoms with Crippen molar-refractivity contribution in [1.29, 1.82) is 5.26 Å². The van der Waals surface area contributed by atoms with Crippen LogP contribution < -0.4 is 5.32 Å². The zero-order valence-electron chi connectivity index (χ0n) is 11.9. The van der Waals surface area contributed by atoms with Gasteiger partial charge in [-0.1, -0.05) is 18.2 Å². The molecule has 0 saturated carbocycles. The molecule has 0 radical (unpaired) electrons. The van der Waals surface area contributed by atoms with E-state index >= 15 is 0 Å². The molecule has 2 aromatic carbocycles. The average molecular weight is 282 g/mol. The van der Waals surface area contributed by atoms with Gasteiger partial charge in [-0.15, -0.1) is 0 Å². The Balaban J connectivity index is 2.11. The lowest BCUT2D eigenvalue weighted by Gasteiger charge is -2.10. The second kappa shape index (κ2) is 6.19. The van der Waals surface area contributed by atoms with Crippen molar-refractivity contribution in [2.45, 2.75) is 20.4 Å². The van der Waals surface area contributed by atoms with Crippen molar-refractivity contribution < 1.29 is 9.18 Å². The molecule has 0 atom stereocenters. The summed E-state index contributed by atoms with van der Waals surface area (Å²) in [6, 6.07) is 11.6. The van der Waals surface area contributed by atoms with E-state index in [1.165, 1.54) is 18.2 Å². The maximum atomic E-state index is 13.7. The molecule has 0 bridgehead atoms. The van der Waals surface area contributed by atoms with Crippen molar-refractivity contribution >= 4 is 5.91 Å². The van der Waals surface area contributed by atoms with Gasteiger partial charge in [-0.05, 0) is 43.2 Å². The topological polar surface area (TPSA) is 52.9 Å². The van der Waals surface area contributed by atoms with Crippen LogP contribution in [-0.2, 0) is 6.54 Å². The molecular formula is C17H15FN2O. The minimum atomic E-state index is -0.490. The van der Waals surface area contributed by atoms with E-state index in [1.807, 2.05) is 32.0 Å². The van der Waals surface area contributed by atoms with Crippen LogP contribution in [0.2, 0.25) is 0 Å². The number of carbonyl (C=O) groups is 1. The average Bonchev–Trinajstić information content (AvgIpc) is 2.48. The van der Waals surface area contributed by atoms with E-state index in [2.05, 4.69) is 5.32 Å². The van der Waals surface area contributed by atoms with Crippen molar-refractivity contribution in [3.05, 3.63) is 70.0 Å². The second-order valence-electron chi connectivity index (χ2n) is 4.85. The molecule has 106 valence electrons. The predicted molar refractivity (Wildman–Crippen MR) is 78.2 cm³/mol. The number of nitrogens with one attached hydrogen (secondary N) is 1. The Morgan fingerprint density at radius 1 is 1.29 bits per heavy atom. The van der Waals surface area contributed by atoms with Gasteiger partial charge in [0, 0.05) is 17.7 Å². The summed E-state index contributed by atoms with van der Waals surface area (Å²) < 4.78 is 13.7. The number of hydrogen-bond donors (Lipinski definition) is 1. The molecule has 0 unspecified atom stereocenters. The van der Waals surface area contributed by atoms with E-state index in [-0.39, 0.29) is 18.0 Å². The monoisotopic (exact) mass is 282 g/mol. The van der Waals surface area contributed by atoms with Crippen LogP contribution in [0.15, 0.2) is 36.4 Å². The van der Waals surface area contributed by atoms with E-state index in [0.29, 0.717) is 11.1 Å². The van der Waals surface area contributed by atoms with Crippen molar-refractivity contribution in [2.24, 2.45) is 0 Å². The number of amides is 1. The van der Waals surface area contributed by atoms with Crippen molar-refractivity contribution in [1.82, 2.24) is 5.32 Å². The highest BCUT2D eigenvalue weighted by Crippen LogP contribution is 2.14. The van der Waals surface area contributed by atoms with Gasteiger partial charge in [0.15, 0.2) is 0 Å². The molecule has 1 N–H and O–H groups in total. The maximum absolute atomic E-state index is 13.7. The quantitative estimate of drug-likeness (QED) is 0.939. The maximum Gasteiger partial charge on any atom is 0.251 e. The first-order chi connectivity index (χ1) is 10.0. The molecule has 2 aromatic rings. The number of rotatable bonds is 3. The fourth-order valence-electron chi connectivity index (χ4n) is 2.03. The fourth-order valence-corrected chi connectivity index (χ4v) is 2.03. The SMILES string of the molecule is Cc1cccc(C(=O)NCc2ccc(C#N)cc2F)c1C. The number of carbonyl (C=O) groups excluding carboxylic acids is 1. The van der Waals surface area contributed by atoms with E-state index < -0.39 is 5.82 Å². The van der Waals surface area contributed by atoms with Crippen LogP contribution in [0.25, 0.3) is 0 Å². The smallest absolute Gasteiger partial charge is 0.251 e. The van der Waals surface area contributed by atoms with Crippen LogP contribution in [-0.4, -0.2) is 5.91 Å². The summed E-state index contributed by atoms with van der Waals surface area (Å²) in [6.45, 7) is 3.91. The number of halogens is 1. The number of aryl methyl sites for hydroxylation is 1. The van der Waals surface area contributed by atoms with E-state index in [9.17, 15) is 9.18 Å². The lowest BCUT2D eigenvalue weighted by molar-refractivity contribution is 0.0950. The molecule has 4 heteroatoms. The summed E-state index contributed by atoms with van der Waals surface area (Å²) in [7, 11) is 0. The van der Waals surface area contributed by atoms with Crippen LogP contribution in [0.1, 0.15) is 32.6 Å². The highest BCUT2D eigenvalue weighted by Gasteiger charge is 2.11. The van der Waals surface area contributed by atoms with E-state index in [1.54, 1.807) is 6.07 Å². The third-order valence-electron chi connectivity index (χ3n) is 3.47. The van der Waals surface area contributed by atoms with Crippen molar-refractivity contribution in [2.75, 3.05) is 0 Å². The Morgan fingerprint density at radius 2 is 2.05 bits per heavy atom. The number of hydrogen-bond acceptors (Lipinski definition) is 2. The standard InChI is InChI=1S/C17H15FN2O/c1-11-4-3-5-15(12(11)2)17(21)20-10-14-7-6-13(9-19)8-16(14)18/h3-8H,10H2,1-2H3,(H,20,21). The Bertz CT molecular complexity index is 732. The molecule has 0 aromatic heterocycles. The largest absolute Gasteiger partial charge is 0.348 e. The number of benzene rings is 2.